The number of benzene rings is 1. The van der Waals surface area contributed by atoms with Crippen LogP contribution in [0.3, 0.4) is 0 Å². The normalized spacial score (nSPS) is 17.7. The van der Waals surface area contributed by atoms with Gasteiger partial charge in [0.2, 0.25) is 0 Å². The van der Waals surface area contributed by atoms with Crippen LogP contribution in [0.15, 0.2) is 6.07 Å². The van der Waals surface area contributed by atoms with Crippen LogP contribution in [-0.4, -0.2) is 74.3 Å². The molecule has 0 fully saturated rings. The number of aliphatic hydroxyl groups excluding tert-OH is 1. The van der Waals surface area contributed by atoms with Crippen LogP contribution >= 0.6 is 0 Å². The molecule has 3 rings (SSSR count). The van der Waals surface area contributed by atoms with E-state index in [0.29, 0.717) is 26.2 Å². The number of carbonyl (C=O) groups is 1. The van der Waals surface area contributed by atoms with Gasteiger partial charge in [-0.2, -0.15) is 0 Å². The average Bonchev–Trinajstić information content (AvgIpc) is 2.87. The molecule has 0 spiro atoms. The molecular weight excluding hydrogens is 372 g/mol. The van der Waals surface area contributed by atoms with Crippen molar-refractivity contribution in [3.63, 3.8) is 0 Å². The second-order valence-corrected chi connectivity index (χ2v) is 8.79. The molecule has 1 aromatic rings. The number of anilines is 1. The fraction of sp³-hybridized carbons (Fsp3) is 0.682. The van der Waals surface area contributed by atoms with Crippen LogP contribution in [0.1, 0.15) is 37.5 Å². The Kier molecular flexibility index (Phi) is 6.58. The zero-order chi connectivity index (χ0) is 21.2. The fourth-order valence-electron chi connectivity index (χ4n) is 4.09. The number of fused-ring (bicyclic) bond motifs is 2. The van der Waals surface area contributed by atoms with E-state index in [9.17, 15) is 9.90 Å². The molecule has 7 heteroatoms. The molecule has 0 saturated carbocycles. The first-order valence-corrected chi connectivity index (χ1v) is 10.4. The molecule has 162 valence electrons. The smallest absolute Gasteiger partial charge is 0.410 e. The summed E-state index contributed by atoms with van der Waals surface area (Å²) in [6.07, 6.45) is 1.08. The molecular formula is C22H34N2O5. The molecule has 2 aliphatic rings. The predicted octanol–water partition coefficient (Wildman–Crippen LogP) is 2.54. The van der Waals surface area contributed by atoms with E-state index in [1.54, 1.807) is 12.0 Å². The highest BCUT2D eigenvalue weighted by atomic mass is 16.6. The summed E-state index contributed by atoms with van der Waals surface area (Å²) in [5.41, 5.74) is 4.29. The van der Waals surface area contributed by atoms with E-state index in [0.717, 1.165) is 30.8 Å². The van der Waals surface area contributed by atoms with Crippen molar-refractivity contribution in [3.05, 3.63) is 22.8 Å². The van der Waals surface area contributed by atoms with Crippen LogP contribution in [0.2, 0.25) is 0 Å². The molecule has 2 aliphatic heterocycles. The van der Waals surface area contributed by atoms with Gasteiger partial charge in [0.25, 0.3) is 0 Å². The van der Waals surface area contributed by atoms with E-state index >= 15 is 0 Å². The van der Waals surface area contributed by atoms with E-state index in [1.165, 1.54) is 16.7 Å². The molecule has 0 aliphatic carbocycles. The third kappa shape index (κ3) is 4.95. The van der Waals surface area contributed by atoms with Crippen LogP contribution < -0.4 is 9.64 Å². The molecule has 0 bridgehead atoms. The number of nitrogens with zero attached hydrogens (tertiary/aromatic N) is 2. The number of hydrogen-bond acceptors (Lipinski definition) is 6. The Morgan fingerprint density at radius 1 is 1.28 bits per heavy atom. The molecule has 0 unspecified atom stereocenters. The van der Waals surface area contributed by atoms with Gasteiger partial charge < -0.3 is 29.1 Å². The van der Waals surface area contributed by atoms with Gasteiger partial charge in [-0.05, 0) is 63.3 Å². The number of methoxy groups -OCH3 is 1. The van der Waals surface area contributed by atoms with Crippen molar-refractivity contribution < 1.29 is 24.1 Å². The molecule has 0 radical (unpaired) electrons. The van der Waals surface area contributed by atoms with Gasteiger partial charge in [-0.15, -0.1) is 0 Å². The zero-order valence-corrected chi connectivity index (χ0v) is 18.3. The van der Waals surface area contributed by atoms with Crippen LogP contribution in [0.4, 0.5) is 10.5 Å². The SMILES string of the molecule is CO[C@H](CO)CN1CCOc2cc3c(c(C)c21)CCN(C(=O)OC(C)(C)C)CC3. The number of aliphatic hydroxyl groups is 1. The van der Waals surface area contributed by atoms with Crippen molar-refractivity contribution in [3.8, 4) is 5.75 Å². The number of amides is 1. The Balaban J connectivity index is 1.84. The minimum atomic E-state index is -0.496. The number of hydrogen-bond donors (Lipinski definition) is 1. The first kappa shape index (κ1) is 21.7. The Hall–Kier alpha value is -1.99. The van der Waals surface area contributed by atoms with Crippen molar-refractivity contribution in [2.75, 3.05) is 51.4 Å². The van der Waals surface area contributed by atoms with Gasteiger partial charge in [0.15, 0.2) is 0 Å². The summed E-state index contributed by atoms with van der Waals surface area (Å²) in [6.45, 7) is 11.0. The van der Waals surface area contributed by atoms with Gasteiger partial charge in [-0.1, -0.05) is 0 Å². The van der Waals surface area contributed by atoms with Gasteiger partial charge in [0.05, 0.1) is 24.9 Å². The molecule has 1 atom stereocenters. The maximum Gasteiger partial charge on any atom is 0.410 e. The molecule has 7 nitrogen and oxygen atoms in total. The molecule has 0 saturated heterocycles. The van der Waals surface area contributed by atoms with Crippen LogP contribution in [-0.2, 0) is 22.3 Å². The minimum absolute atomic E-state index is 0.0158. The first-order valence-electron chi connectivity index (χ1n) is 10.4. The monoisotopic (exact) mass is 406 g/mol. The predicted molar refractivity (Wildman–Crippen MR) is 112 cm³/mol. The van der Waals surface area contributed by atoms with E-state index in [2.05, 4.69) is 17.9 Å². The van der Waals surface area contributed by atoms with Crippen LogP contribution in [0.25, 0.3) is 0 Å². The van der Waals surface area contributed by atoms with Crippen LogP contribution in [0.5, 0.6) is 5.75 Å². The molecule has 29 heavy (non-hydrogen) atoms. The Morgan fingerprint density at radius 2 is 2.00 bits per heavy atom. The number of rotatable bonds is 4. The van der Waals surface area contributed by atoms with Crippen molar-refractivity contribution in [2.24, 2.45) is 0 Å². The highest BCUT2D eigenvalue weighted by Gasteiger charge is 2.29. The molecule has 0 aromatic heterocycles. The van der Waals surface area contributed by atoms with Gasteiger partial charge in [0.1, 0.15) is 18.0 Å². The number of carbonyl (C=O) groups excluding carboxylic acids is 1. The summed E-state index contributed by atoms with van der Waals surface area (Å²) in [4.78, 5) is 16.6. The summed E-state index contributed by atoms with van der Waals surface area (Å²) in [5, 5.41) is 9.53. The fourth-order valence-corrected chi connectivity index (χ4v) is 4.09. The van der Waals surface area contributed by atoms with Gasteiger partial charge in [-0.3, -0.25) is 0 Å². The second-order valence-electron chi connectivity index (χ2n) is 8.79. The lowest BCUT2D eigenvalue weighted by atomic mass is 9.94. The summed E-state index contributed by atoms with van der Waals surface area (Å²) >= 11 is 0. The second kappa shape index (κ2) is 8.79. The Labute approximate surface area is 173 Å². The quantitative estimate of drug-likeness (QED) is 0.829. The maximum absolute atomic E-state index is 12.5. The topological polar surface area (TPSA) is 71.5 Å². The van der Waals surface area contributed by atoms with E-state index in [-0.39, 0.29) is 18.8 Å². The Bertz CT molecular complexity index is 740. The first-order chi connectivity index (χ1) is 13.7. The lowest BCUT2D eigenvalue weighted by Crippen LogP contribution is -2.41. The van der Waals surface area contributed by atoms with Crippen molar-refractivity contribution in [1.29, 1.82) is 0 Å². The molecule has 2 heterocycles. The third-order valence-corrected chi connectivity index (χ3v) is 5.56. The highest BCUT2D eigenvalue weighted by molar-refractivity contribution is 5.71. The minimum Gasteiger partial charge on any atom is -0.490 e. The van der Waals surface area contributed by atoms with Crippen molar-refractivity contribution in [2.45, 2.75) is 52.2 Å². The lowest BCUT2D eigenvalue weighted by Gasteiger charge is -2.35. The zero-order valence-electron chi connectivity index (χ0n) is 18.3. The third-order valence-electron chi connectivity index (χ3n) is 5.56. The van der Waals surface area contributed by atoms with E-state index in [4.69, 9.17) is 14.2 Å². The molecule has 1 N–H and O–H groups in total. The number of ether oxygens (including phenoxy) is 3. The van der Waals surface area contributed by atoms with E-state index in [1.807, 2.05) is 20.8 Å². The molecule has 1 aromatic carbocycles. The lowest BCUT2D eigenvalue weighted by molar-refractivity contribution is 0.0258. The standard InChI is InChI=1S/C22H34N2O5/c1-15-18-7-9-23(21(26)29-22(2,3)4)8-6-16(18)12-19-20(15)24(10-11-28-19)13-17(14-25)27-5/h12,17,25H,6-11,13-14H2,1-5H3/t17-/m0/s1. The summed E-state index contributed by atoms with van der Waals surface area (Å²) in [5.74, 6) is 0.881. The van der Waals surface area contributed by atoms with Gasteiger partial charge in [0, 0.05) is 26.7 Å². The van der Waals surface area contributed by atoms with Crippen molar-refractivity contribution >= 4 is 11.8 Å². The summed E-state index contributed by atoms with van der Waals surface area (Å²) < 4.78 is 16.9. The van der Waals surface area contributed by atoms with Crippen molar-refractivity contribution in [1.82, 2.24) is 4.90 Å². The van der Waals surface area contributed by atoms with Gasteiger partial charge in [-0.25, -0.2) is 4.79 Å². The van der Waals surface area contributed by atoms with Gasteiger partial charge >= 0.3 is 6.09 Å². The Morgan fingerprint density at radius 3 is 2.66 bits per heavy atom. The van der Waals surface area contributed by atoms with E-state index < -0.39 is 5.60 Å². The largest absolute Gasteiger partial charge is 0.490 e. The maximum atomic E-state index is 12.5. The van der Waals surface area contributed by atoms with Crippen LogP contribution in [0, 0.1) is 6.92 Å². The highest BCUT2D eigenvalue weighted by Crippen LogP contribution is 2.40. The molecule has 1 amide bonds. The summed E-state index contributed by atoms with van der Waals surface area (Å²) in [6, 6.07) is 2.13. The summed E-state index contributed by atoms with van der Waals surface area (Å²) in [7, 11) is 1.62. The average molecular weight is 407 g/mol.